The highest BCUT2D eigenvalue weighted by molar-refractivity contribution is 8.02. The third-order valence-corrected chi connectivity index (χ3v) is 6.96. The van der Waals surface area contributed by atoms with Crippen molar-refractivity contribution in [1.29, 1.82) is 0 Å². The summed E-state index contributed by atoms with van der Waals surface area (Å²) < 4.78 is 29.1. The standard InChI is InChI=1S/C16H21N5O4S3/c1-10(14(22)19-11-4-2-6-13(8-11)28(17,23)24)26-16-21-20-15(27-16)18-9-12-5-3-7-25-12/h2,4,6,8,10,12H,3,5,7,9H2,1H3,(H,18,20)(H,19,22)(H2,17,23,24). The number of rotatable bonds is 8. The zero-order chi connectivity index (χ0) is 20.1. The monoisotopic (exact) mass is 443 g/mol. The molecule has 152 valence electrons. The maximum atomic E-state index is 12.4. The Morgan fingerprint density at radius 3 is 3.00 bits per heavy atom. The number of hydrogen-bond acceptors (Lipinski definition) is 9. The molecule has 2 heterocycles. The molecule has 3 rings (SSSR count). The number of anilines is 2. The van der Waals surface area contributed by atoms with Crippen molar-refractivity contribution in [2.75, 3.05) is 23.8 Å². The molecule has 9 nitrogen and oxygen atoms in total. The molecule has 1 aromatic carbocycles. The van der Waals surface area contributed by atoms with Gasteiger partial charge in [-0.15, -0.1) is 10.2 Å². The van der Waals surface area contributed by atoms with Gasteiger partial charge in [0, 0.05) is 18.8 Å². The van der Waals surface area contributed by atoms with Crippen LogP contribution in [0.4, 0.5) is 10.8 Å². The van der Waals surface area contributed by atoms with E-state index in [-0.39, 0.29) is 16.9 Å². The van der Waals surface area contributed by atoms with E-state index in [0.717, 1.165) is 19.4 Å². The van der Waals surface area contributed by atoms with E-state index in [1.54, 1.807) is 13.0 Å². The number of carbonyl (C=O) groups is 1. The van der Waals surface area contributed by atoms with Gasteiger partial charge in [0.2, 0.25) is 21.1 Å². The van der Waals surface area contributed by atoms with Crippen molar-refractivity contribution in [1.82, 2.24) is 10.2 Å². The predicted molar refractivity (Wildman–Crippen MR) is 109 cm³/mol. The van der Waals surface area contributed by atoms with Gasteiger partial charge in [-0.25, -0.2) is 13.6 Å². The number of nitrogens with zero attached hydrogens (tertiary/aromatic N) is 2. The molecule has 1 aromatic heterocycles. The number of sulfonamides is 1. The van der Waals surface area contributed by atoms with Crippen LogP contribution < -0.4 is 15.8 Å². The smallest absolute Gasteiger partial charge is 0.238 e. The first-order valence-electron chi connectivity index (χ1n) is 8.60. The number of hydrogen-bond donors (Lipinski definition) is 3. The maximum Gasteiger partial charge on any atom is 0.238 e. The number of primary sulfonamides is 1. The van der Waals surface area contributed by atoms with E-state index in [1.807, 2.05) is 0 Å². The van der Waals surface area contributed by atoms with Gasteiger partial charge >= 0.3 is 0 Å². The van der Waals surface area contributed by atoms with Gasteiger partial charge in [0.25, 0.3) is 0 Å². The number of nitrogens with two attached hydrogens (primary N) is 1. The number of thioether (sulfide) groups is 1. The first kappa shape index (κ1) is 21.0. The van der Waals surface area contributed by atoms with Gasteiger partial charge in [0.15, 0.2) is 4.34 Å². The van der Waals surface area contributed by atoms with Crippen LogP contribution in [0.3, 0.4) is 0 Å². The Hall–Kier alpha value is -1.73. The molecule has 2 aromatic rings. The van der Waals surface area contributed by atoms with Crippen LogP contribution in [0.15, 0.2) is 33.5 Å². The topological polar surface area (TPSA) is 136 Å². The van der Waals surface area contributed by atoms with Crippen molar-refractivity contribution in [2.24, 2.45) is 5.14 Å². The average molecular weight is 444 g/mol. The molecule has 1 aliphatic rings. The molecule has 0 bridgehead atoms. The highest BCUT2D eigenvalue weighted by atomic mass is 32.2. The van der Waals surface area contributed by atoms with E-state index in [0.29, 0.717) is 21.7 Å². The van der Waals surface area contributed by atoms with Crippen molar-refractivity contribution in [3.63, 3.8) is 0 Å². The van der Waals surface area contributed by atoms with Gasteiger partial charge in [0.05, 0.1) is 16.2 Å². The lowest BCUT2D eigenvalue weighted by atomic mass is 10.2. The number of nitrogens with one attached hydrogen (secondary N) is 2. The van der Waals surface area contributed by atoms with E-state index in [4.69, 9.17) is 9.88 Å². The van der Waals surface area contributed by atoms with Gasteiger partial charge in [-0.1, -0.05) is 29.2 Å². The summed E-state index contributed by atoms with van der Waals surface area (Å²) in [5, 5.41) is 19.4. The third-order valence-electron chi connectivity index (χ3n) is 3.99. The highest BCUT2D eigenvalue weighted by Crippen LogP contribution is 2.29. The zero-order valence-corrected chi connectivity index (χ0v) is 17.6. The van der Waals surface area contributed by atoms with Gasteiger partial charge in [-0.3, -0.25) is 4.79 Å². The van der Waals surface area contributed by atoms with Crippen LogP contribution in [0.25, 0.3) is 0 Å². The Balaban J connectivity index is 1.53. The summed E-state index contributed by atoms with van der Waals surface area (Å²) >= 11 is 2.65. The lowest BCUT2D eigenvalue weighted by Crippen LogP contribution is -2.22. The van der Waals surface area contributed by atoms with Crippen LogP contribution in [0.1, 0.15) is 19.8 Å². The largest absolute Gasteiger partial charge is 0.376 e. The van der Waals surface area contributed by atoms with Crippen LogP contribution >= 0.6 is 23.1 Å². The maximum absolute atomic E-state index is 12.4. The van der Waals surface area contributed by atoms with Crippen LogP contribution in [0.2, 0.25) is 0 Å². The Kier molecular flexibility index (Phi) is 6.88. The molecule has 0 spiro atoms. The summed E-state index contributed by atoms with van der Waals surface area (Å²) in [5.74, 6) is -0.277. The molecule has 2 unspecified atom stereocenters. The summed E-state index contributed by atoms with van der Waals surface area (Å²) in [6.45, 7) is 3.23. The summed E-state index contributed by atoms with van der Waals surface area (Å²) in [4.78, 5) is 12.3. The lowest BCUT2D eigenvalue weighted by molar-refractivity contribution is -0.115. The highest BCUT2D eigenvalue weighted by Gasteiger charge is 2.19. The minimum Gasteiger partial charge on any atom is -0.376 e. The molecule has 1 aliphatic heterocycles. The second kappa shape index (κ2) is 9.18. The van der Waals surface area contributed by atoms with Crippen molar-refractivity contribution >= 4 is 49.8 Å². The Morgan fingerprint density at radius 2 is 2.29 bits per heavy atom. The molecule has 1 fully saturated rings. The summed E-state index contributed by atoms with van der Waals surface area (Å²) in [5.41, 5.74) is 0.361. The molecule has 4 N–H and O–H groups in total. The minimum absolute atomic E-state index is 0.0586. The van der Waals surface area contributed by atoms with Crippen molar-refractivity contribution in [3.05, 3.63) is 24.3 Å². The van der Waals surface area contributed by atoms with E-state index >= 15 is 0 Å². The van der Waals surface area contributed by atoms with Gasteiger partial charge in [-0.2, -0.15) is 0 Å². The zero-order valence-electron chi connectivity index (χ0n) is 15.1. The van der Waals surface area contributed by atoms with Crippen LogP contribution in [-0.4, -0.2) is 49.0 Å². The fourth-order valence-corrected chi connectivity index (χ4v) is 5.00. The van der Waals surface area contributed by atoms with Crippen molar-refractivity contribution in [2.45, 2.75) is 40.4 Å². The molecule has 0 saturated carbocycles. The quantitative estimate of drug-likeness (QED) is 0.526. The van der Waals surface area contributed by atoms with Crippen LogP contribution in [0.5, 0.6) is 0 Å². The molecule has 28 heavy (non-hydrogen) atoms. The van der Waals surface area contributed by atoms with Crippen LogP contribution in [0, 0.1) is 0 Å². The normalized spacial score (nSPS) is 18.0. The molecular formula is C16H21N5O4S3. The van der Waals surface area contributed by atoms with E-state index in [2.05, 4.69) is 20.8 Å². The first-order chi connectivity index (χ1) is 13.3. The van der Waals surface area contributed by atoms with Gasteiger partial charge in [0.1, 0.15) is 0 Å². The molecular weight excluding hydrogens is 422 g/mol. The van der Waals surface area contributed by atoms with Crippen LogP contribution in [-0.2, 0) is 19.6 Å². The molecule has 0 radical (unpaired) electrons. The van der Waals surface area contributed by atoms with Gasteiger partial charge in [-0.05, 0) is 38.0 Å². The second-order valence-corrected chi connectivity index (χ2v) is 10.3. The Labute approximate surface area is 171 Å². The summed E-state index contributed by atoms with van der Waals surface area (Å²) in [7, 11) is -3.83. The van der Waals surface area contributed by atoms with Crippen molar-refractivity contribution < 1.29 is 17.9 Å². The number of carbonyl (C=O) groups excluding carboxylic acids is 1. The Morgan fingerprint density at radius 1 is 1.46 bits per heavy atom. The fraction of sp³-hybridized carbons (Fsp3) is 0.438. The summed E-state index contributed by atoms with van der Waals surface area (Å²) in [6.07, 6.45) is 2.32. The Bertz CT molecular complexity index is 928. The number of aromatic nitrogens is 2. The van der Waals surface area contributed by atoms with E-state index in [1.165, 1.54) is 41.3 Å². The fourth-order valence-electron chi connectivity index (χ4n) is 2.53. The predicted octanol–water partition coefficient (Wildman–Crippen LogP) is 1.90. The minimum atomic E-state index is -3.83. The van der Waals surface area contributed by atoms with Gasteiger partial charge < -0.3 is 15.4 Å². The second-order valence-electron chi connectivity index (χ2n) is 6.21. The third kappa shape index (κ3) is 5.88. The number of amides is 1. The molecule has 1 amide bonds. The molecule has 0 aliphatic carbocycles. The number of benzene rings is 1. The van der Waals surface area contributed by atoms with E-state index < -0.39 is 15.3 Å². The summed E-state index contributed by atoms with van der Waals surface area (Å²) in [6, 6.07) is 5.81. The molecule has 1 saturated heterocycles. The molecule has 12 heteroatoms. The average Bonchev–Trinajstić information content (AvgIpc) is 3.31. The van der Waals surface area contributed by atoms with Crippen molar-refractivity contribution in [3.8, 4) is 0 Å². The van der Waals surface area contributed by atoms with E-state index in [9.17, 15) is 13.2 Å². The lowest BCUT2D eigenvalue weighted by Gasteiger charge is -2.11. The number of ether oxygens (including phenoxy) is 1. The molecule has 2 atom stereocenters. The first-order valence-corrected chi connectivity index (χ1v) is 11.8. The SMILES string of the molecule is CC(Sc1nnc(NCC2CCCO2)s1)C(=O)Nc1cccc(S(N)(=O)=O)c1.